The lowest BCUT2D eigenvalue weighted by molar-refractivity contribution is -0.160. The molecule has 1 fully saturated rings. The first kappa shape index (κ1) is 15.5. The topological polar surface area (TPSA) is 53.3 Å². The van der Waals surface area contributed by atoms with E-state index in [1.165, 1.54) is 0 Å². The van der Waals surface area contributed by atoms with Gasteiger partial charge in [0.2, 0.25) is 0 Å². The van der Waals surface area contributed by atoms with Gasteiger partial charge in [-0.15, -0.1) is 0 Å². The third-order valence-corrected chi connectivity index (χ3v) is 3.54. The summed E-state index contributed by atoms with van der Waals surface area (Å²) in [6.07, 6.45) is 1.66. The molecule has 112 valence electrons. The molecule has 0 radical (unpaired) electrons. The number of esters is 1. The fourth-order valence-electron chi connectivity index (χ4n) is 2.70. The van der Waals surface area contributed by atoms with Gasteiger partial charge in [-0.05, 0) is 39.2 Å². The summed E-state index contributed by atoms with van der Waals surface area (Å²) < 4.78 is 5.49. The highest BCUT2D eigenvalue weighted by atomic mass is 16.6. The largest absolute Gasteiger partial charge is 0.459 e. The first-order valence-corrected chi connectivity index (χ1v) is 7.35. The number of rotatable bonds is 3. The van der Waals surface area contributed by atoms with E-state index in [1.54, 1.807) is 0 Å². The summed E-state index contributed by atoms with van der Waals surface area (Å²) in [5.41, 5.74) is 0.427. The molecule has 1 saturated heterocycles. The van der Waals surface area contributed by atoms with Gasteiger partial charge in [-0.25, -0.2) is 0 Å². The van der Waals surface area contributed by atoms with Crippen LogP contribution in [0.15, 0.2) is 30.3 Å². The van der Waals surface area contributed by atoms with Crippen molar-refractivity contribution in [3.05, 3.63) is 35.9 Å². The Hall–Kier alpha value is -1.86. The first-order valence-electron chi connectivity index (χ1n) is 7.35. The average molecular weight is 286 g/mol. The van der Waals surface area contributed by atoms with E-state index in [4.69, 9.17) is 4.74 Å². The molecule has 0 saturated carbocycles. The number of hydrogen-bond donors (Lipinski definition) is 0. The number of hydrogen-bond acceptors (Lipinski definition) is 4. The van der Waals surface area contributed by atoms with Crippen LogP contribution in [0.5, 0.6) is 0 Å². The van der Waals surface area contributed by atoms with Crippen molar-refractivity contribution >= 4 is 5.97 Å². The summed E-state index contributed by atoms with van der Waals surface area (Å²) in [4.78, 5) is 14.3. The molecule has 2 rings (SSSR count). The standard InChI is InChI=1S/C17H22N2O2/c1-17(2,3)21-16(20)14-10-7-11-19(14)15(12-18)13-8-5-4-6-9-13/h4-6,8-9,14-15H,7,10-11H2,1-3H3/t14-,15+/m0/s1. The Morgan fingerprint density at radius 3 is 2.62 bits per heavy atom. The van der Waals surface area contributed by atoms with Crippen LogP contribution < -0.4 is 0 Å². The van der Waals surface area contributed by atoms with Crippen molar-refractivity contribution in [3.63, 3.8) is 0 Å². The Labute approximate surface area is 126 Å². The second-order valence-electron chi connectivity index (χ2n) is 6.37. The Balaban J connectivity index is 2.18. The molecule has 0 amide bonds. The molecule has 2 atom stereocenters. The smallest absolute Gasteiger partial charge is 0.323 e. The number of ether oxygens (including phenoxy) is 1. The van der Waals surface area contributed by atoms with E-state index in [0.717, 1.165) is 24.9 Å². The van der Waals surface area contributed by atoms with Gasteiger partial charge in [0.25, 0.3) is 0 Å². The van der Waals surface area contributed by atoms with Gasteiger partial charge in [-0.1, -0.05) is 30.3 Å². The lowest BCUT2D eigenvalue weighted by Crippen LogP contribution is -2.42. The van der Waals surface area contributed by atoms with Crippen molar-refractivity contribution in [2.24, 2.45) is 0 Å². The molecule has 0 aliphatic carbocycles. The van der Waals surface area contributed by atoms with Crippen molar-refractivity contribution in [1.29, 1.82) is 5.26 Å². The third kappa shape index (κ3) is 3.83. The highest BCUT2D eigenvalue weighted by Crippen LogP contribution is 2.30. The summed E-state index contributed by atoms with van der Waals surface area (Å²) in [7, 11) is 0. The zero-order chi connectivity index (χ0) is 15.5. The third-order valence-electron chi connectivity index (χ3n) is 3.54. The summed E-state index contributed by atoms with van der Waals surface area (Å²) in [6, 6.07) is 11.2. The average Bonchev–Trinajstić information content (AvgIpc) is 2.88. The van der Waals surface area contributed by atoms with E-state index in [9.17, 15) is 10.1 Å². The lowest BCUT2D eigenvalue weighted by Gasteiger charge is -2.30. The zero-order valence-electron chi connectivity index (χ0n) is 12.9. The monoisotopic (exact) mass is 286 g/mol. The lowest BCUT2D eigenvalue weighted by atomic mass is 10.1. The summed E-state index contributed by atoms with van der Waals surface area (Å²) in [6.45, 7) is 6.34. The molecule has 1 aromatic carbocycles. The van der Waals surface area contributed by atoms with Gasteiger partial charge in [0.1, 0.15) is 17.7 Å². The molecule has 1 aliphatic rings. The second kappa shape index (κ2) is 6.28. The SMILES string of the molecule is CC(C)(C)OC(=O)[C@@H]1CCCN1[C@H](C#N)c1ccccc1. The fourth-order valence-corrected chi connectivity index (χ4v) is 2.70. The highest BCUT2D eigenvalue weighted by molar-refractivity contribution is 5.76. The van der Waals surface area contributed by atoms with E-state index in [1.807, 2.05) is 56.0 Å². The fraction of sp³-hybridized carbons (Fsp3) is 0.529. The first-order chi connectivity index (χ1) is 9.92. The van der Waals surface area contributed by atoms with Crippen molar-refractivity contribution in [3.8, 4) is 6.07 Å². The zero-order valence-corrected chi connectivity index (χ0v) is 12.9. The van der Waals surface area contributed by atoms with E-state index >= 15 is 0 Å². The van der Waals surface area contributed by atoms with Crippen LogP contribution in [0.4, 0.5) is 0 Å². The maximum atomic E-state index is 12.3. The Bertz CT molecular complexity index is 528. The number of carbonyl (C=O) groups excluding carboxylic acids is 1. The minimum atomic E-state index is -0.500. The molecular weight excluding hydrogens is 264 g/mol. The molecule has 1 heterocycles. The van der Waals surface area contributed by atoms with Crippen molar-refractivity contribution < 1.29 is 9.53 Å². The minimum Gasteiger partial charge on any atom is -0.459 e. The highest BCUT2D eigenvalue weighted by Gasteiger charge is 2.38. The van der Waals surface area contributed by atoms with E-state index in [-0.39, 0.29) is 12.0 Å². The summed E-state index contributed by atoms with van der Waals surface area (Å²) in [5.74, 6) is -0.226. The number of carbonyl (C=O) groups is 1. The molecule has 4 nitrogen and oxygen atoms in total. The minimum absolute atomic E-state index is 0.226. The number of nitrogens with zero attached hydrogens (tertiary/aromatic N) is 2. The molecule has 0 spiro atoms. The van der Waals surface area contributed by atoms with Crippen LogP contribution >= 0.6 is 0 Å². The normalized spacial score (nSPS) is 20.8. The number of benzene rings is 1. The van der Waals surface area contributed by atoms with Crippen LogP contribution in [-0.4, -0.2) is 29.1 Å². The summed E-state index contributed by atoms with van der Waals surface area (Å²) >= 11 is 0. The molecule has 0 N–H and O–H groups in total. The van der Waals surface area contributed by atoms with Crippen LogP contribution in [-0.2, 0) is 9.53 Å². The molecule has 1 aliphatic heterocycles. The van der Waals surface area contributed by atoms with Crippen LogP contribution in [0.3, 0.4) is 0 Å². The Morgan fingerprint density at radius 1 is 1.38 bits per heavy atom. The Kier molecular flexibility index (Phi) is 4.64. The Morgan fingerprint density at radius 2 is 2.05 bits per heavy atom. The van der Waals surface area contributed by atoms with Gasteiger partial charge in [-0.2, -0.15) is 5.26 Å². The van der Waals surface area contributed by atoms with Gasteiger partial charge in [0.05, 0.1) is 6.07 Å². The predicted octanol–water partition coefficient (Wildman–Crippen LogP) is 3.06. The van der Waals surface area contributed by atoms with Crippen LogP contribution in [0.25, 0.3) is 0 Å². The molecule has 0 unspecified atom stereocenters. The molecule has 0 bridgehead atoms. The summed E-state index contributed by atoms with van der Waals surface area (Å²) in [5, 5.41) is 9.53. The maximum Gasteiger partial charge on any atom is 0.323 e. The van der Waals surface area contributed by atoms with Crippen molar-refractivity contribution in [2.45, 2.75) is 51.3 Å². The number of nitriles is 1. The molecule has 4 heteroatoms. The number of likely N-dealkylation sites (tertiary alicyclic amines) is 1. The van der Waals surface area contributed by atoms with Gasteiger partial charge < -0.3 is 4.74 Å². The van der Waals surface area contributed by atoms with Crippen molar-refractivity contribution in [1.82, 2.24) is 4.90 Å². The second-order valence-corrected chi connectivity index (χ2v) is 6.37. The van der Waals surface area contributed by atoms with E-state index < -0.39 is 11.6 Å². The quantitative estimate of drug-likeness (QED) is 0.801. The van der Waals surface area contributed by atoms with Crippen LogP contribution in [0.1, 0.15) is 45.2 Å². The van der Waals surface area contributed by atoms with Crippen molar-refractivity contribution in [2.75, 3.05) is 6.54 Å². The van der Waals surface area contributed by atoms with Gasteiger partial charge in [0.15, 0.2) is 0 Å². The molecule has 0 aromatic heterocycles. The van der Waals surface area contributed by atoms with Gasteiger partial charge >= 0.3 is 5.97 Å². The van der Waals surface area contributed by atoms with E-state index in [2.05, 4.69) is 6.07 Å². The van der Waals surface area contributed by atoms with Crippen LogP contribution in [0, 0.1) is 11.3 Å². The predicted molar refractivity (Wildman–Crippen MR) is 80.4 cm³/mol. The molecule has 1 aromatic rings. The molecule has 21 heavy (non-hydrogen) atoms. The molecular formula is C17H22N2O2. The van der Waals surface area contributed by atoms with E-state index in [0.29, 0.717) is 0 Å². The van der Waals surface area contributed by atoms with Gasteiger partial charge in [-0.3, -0.25) is 9.69 Å². The van der Waals surface area contributed by atoms with Gasteiger partial charge in [0, 0.05) is 6.54 Å². The maximum absolute atomic E-state index is 12.3. The van der Waals surface area contributed by atoms with Crippen LogP contribution in [0.2, 0.25) is 0 Å².